The maximum absolute atomic E-state index is 12.8. The van der Waals surface area contributed by atoms with Crippen LogP contribution in [0.15, 0.2) is 12.1 Å². The fourth-order valence-electron chi connectivity index (χ4n) is 4.84. The summed E-state index contributed by atoms with van der Waals surface area (Å²) >= 11 is 0. The van der Waals surface area contributed by atoms with E-state index in [-0.39, 0.29) is 30.1 Å². The van der Waals surface area contributed by atoms with Crippen LogP contribution in [0, 0.1) is 5.89 Å². The number of piperidine rings is 1. The Hall–Kier alpha value is -1.55. The normalized spacial score (nSPS) is 48.7. The lowest BCUT2D eigenvalue weighted by Crippen LogP contribution is -2.65. The maximum atomic E-state index is 12.8. The molecule has 1 saturated carbocycles. The molecular weight excluding hydrogens is 278 g/mol. The number of ether oxygens (including phenoxy) is 2. The van der Waals surface area contributed by atoms with Gasteiger partial charge in [0.05, 0.1) is 11.2 Å². The Bertz CT molecular complexity index is 902. The van der Waals surface area contributed by atoms with Gasteiger partial charge in [-0.25, -0.2) is 0 Å². The van der Waals surface area contributed by atoms with Gasteiger partial charge in [-0.2, -0.15) is 0 Å². The van der Waals surface area contributed by atoms with Crippen LogP contribution in [0.3, 0.4) is 0 Å². The zero-order chi connectivity index (χ0) is 20.3. The molecule has 1 unspecified atom stereocenters. The van der Waals surface area contributed by atoms with Gasteiger partial charge < -0.3 is 14.4 Å². The molecule has 2 bridgehead atoms. The van der Waals surface area contributed by atoms with Crippen LogP contribution in [0.2, 0.25) is 0 Å². The van der Waals surface area contributed by atoms with Crippen molar-refractivity contribution in [2.24, 2.45) is 5.89 Å². The monoisotopic (exact) mass is 305 g/mol. The topological polar surface area (TPSA) is 38.8 Å². The van der Waals surface area contributed by atoms with Crippen LogP contribution in [0.25, 0.3) is 0 Å². The lowest BCUT2D eigenvalue weighted by Gasteiger charge is -2.57. The van der Waals surface area contributed by atoms with Crippen molar-refractivity contribution in [1.82, 2.24) is 4.90 Å². The highest BCUT2D eigenvalue weighted by atomic mass is 16.5. The molecule has 4 aliphatic rings. The molecule has 22 heavy (non-hydrogen) atoms. The first-order chi connectivity index (χ1) is 12.9. The van der Waals surface area contributed by atoms with Crippen LogP contribution >= 0.6 is 0 Å². The van der Waals surface area contributed by atoms with E-state index in [0.717, 1.165) is 0 Å². The van der Waals surface area contributed by atoms with Gasteiger partial charge in [0.2, 0.25) is 0 Å². The van der Waals surface area contributed by atoms with E-state index in [2.05, 4.69) is 0 Å². The third-order valence-electron chi connectivity index (χ3n) is 5.79. The molecule has 4 atom stereocenters. The molecule has 116 valence electrons. The van der Waals surface area contributed by atoms with E-state index in [1.54, 1.807) is 0 Å². The summed E-state index contributed by atoms with van der Waals surface area (Å²) in [6.45, 7) is 0.529. The summed E-state index contributed by atoms with van der Waals surface area (Å²) in [6.07, 6.45) is -1.87. The predicted molar refractivity (Wildman–Crippen MR) is 81.6 cm³/mol. The summed E-state index contributed by atoms with van der Waals surface area (Å²) in [5.74, 6) is -1.27. The lowest BCUT2D eigenvalue weighted by atomic mass is 9.52. The van der Waals surface area contributed by atoms with Gasteiger partial charge in [0.25, 0.3) is 0 Å². The van der Waals surface area contributed by atoms with E-state index >= 15 is 0 Å². The van der Waals surface area contributed by atoms with Gasteiger partial charge in [0.15, 0.2) is 23.4 Å². The summed E-state index contributed by atoms with van der Waals surface area (Å²) in [4.78, 5) is 14.7. The molecule has 2 fully saturated rings. The first kappa shape index (κ1) is 8.34. The van der Waals surface area contributed by atoms with E-state index in [0.29, 0.717) is 24.1 Å². The third kappa shape index (κ3) is 1.27. The van der Waals surface area contributed by atoms with Crippen molar-refractivity contribution in [2.75, 3.05) is 20.6 Å². The number of carbonyl (C=O) groups excluding carboxylic acids is 1. The number of nitrogens with zero attached hydrogens (tertiary/aromatic N) is 1. The van der Waals surface area contributed by atoms with Gasteiger partial charge in [-0.15, -0.1) is 0 Å². The standard InChI is InChI=1S/C18H21NO3/c1-19-8-7-18-11-4-5-13(20)17(18)22-16-14(21-2)6-3-10(15(16)18)9-12(11)19/h3,6,11-12,17H,4-5,7-9H2,1-2H3/t11-,12+,17?,18-/m0/s1/i2D3,9D2,11D. The van der Waals surface area contributed by atoms with Gasteiger partial charge in [-0.1, -0.05) is 6.07 Å². The number of ketones is 1. The van der Waals surface area contributed by atoms with Gasteiger partial charge in [-0.05, 0) is 50.3 Å². The van der Waals surface area contributed by atoms with Crippen LogP contribution in [-0.2, 0) is 16.6 Å². The Morgan fingerprint density at radius 1 is 1.59 bits per heavy atom. The van der Waals surface area contributed by atoms with Crippen LogP contribution in [0.5, 0.6) is 11.5 Å². The molecule has 2 aliphatic carbocycles. The van der Waals surface area contributed by atoms with Gasteiger partial charge in [0.1, 0.15) is 0 Å². The molecule has 1 aromatic rings. The van der Waals surface area contributed by atoms with Crippen LogP contribution in [-0.4, -0.2) is 43.5 Å². The van der Waals surface area contributed by atoms with Crippen LogP contribution in [0.4, 0.5) is 0 Å². The van der Waals surface area contributed by atoms with Gasteiger partial charge >= 0.3 is 0 Å². The molecule has 2 heterocycles. The number of likely N-dealkylation sites (N-methyl/N-ethyl adjacent to an activating group) is 1. The fraction of sp³-hybridized carbons (Fsp3) is 0.611. The molecule has 1 spiro atoms. The number of methoxy groups -OCH3 is 1. The minimum Gasteiger partial charge on any atom is -0.493 e. The van der Waals surface area contributed by atoms with Crippen molar-refractivity contribution in [2.45, 2.75) is 43.2 Å². The third-order valence-corrected chi connectivity index (χ3v) is 5.79. The van der Waals surface area contributed by atoms with Crippen molar-refractivity contribution in [3.8, 4) is 11.5 Å². The molecule has 0 N–H and O–H groups in total. The second-order valence-corrected chi connectivity index (χ2v) is 6.66. The Morgan fingerprint density at radius 2 is 2.50 bits per heavy atom. The van der Waals surface area contributed by atoms with Crippen LogP contribution < -0.4 is 9.47 Å². The Balaban J connectivity index is 1.85. The van der Waals surface area contributed by atoms with Crippen LogP contribution in [0.1, 0.15) is 38.6 Å². The largest absolute Gasteiger partial charge is 0.493 e. The van der Waals surface area contributed by atoms with Gasteiger partial charge in [0, 0.05) is 27.6 Å². The van der Waals surface area contributed by atoms with E-state index in [4.69, 9.17) is 16.3 Å². The number of hydrogen-bond acceptors (Lipinski definition) is 4. The van der Waals surface area contributed by atoms with Crippen molar-refractivity contribution in [3.05, 3.63) is 23.3 Å². The first-order valence-corrected chi connectivity index (χ1v) is 7.70. The molecule has 2 aliphatic heterocycles. The minimum atomic E-state index is -2.70. The molecule has 5 rings (SSSR count). The Kier molecular flexibility index (Phi) is 1.53. The highest BCUT2D eigenvalue weighted by Crippen LogP contribution is 2.62. The summed E-state index contributed by atoms with van der Waals surface area (Å²) in [6, 6.07) is 2.22. The van der Waals surface area contributed by atoms with Gasteiger partial charge in [-0.3, -0.25) is 4.79 Å². The van der Waals surface area contributed by atoms with Crippen molar-refractivity contribution >= 4 is 5.78 Å². The average molecular weight is 305 g/mol. The molecule has 0 amide bonds. The molecule has 0 radical (unpaired) electrons. The average Bonchev–Trinajstić information content (AvgIpc) is 2.92. The number of benzene rings is 1. The van der Waals surface area contributed by atoms with E-state index in [9.17, 15) is 6.17 Å². The Labute approximate surface area is 138 Å². The molecular formula is C18H21NO3. The maximum Gasteiger partial charge on any atom is 0.174 e. The van der Waals surface area contributed by atoms with Crippen molar-refractivity contribution in [1.29, 1.82) is 0 Å². The minimum absolute atomic E-state index is 0.0224. The number of carbonyl (C=O) groups is 1. The molecule has 1 saturated heterocycles. The number of rotatable bonds is 1. The second-order valence-electron chi connectivity index (χ2n) is 6.66. The summed E-state index contributed by atoms with van der Waals surface area (Å²) in [5, 5.41) is 0. The molecule has 1 aromatic carbocycles. The first-order valence-electron chi connectivity index (χ1n) is 10.7. The van der Waals surface area contributed by atoms with E-state index in [1.165, 1.54) is 12.1 Å². The molecule has 4 nitrogen and oxygen atoms in total. The zero-order valence-corrected chi connectivity index (χ0v) is 12.3. The van der Waals surface area contributed by atoms with E-state index in [1.807, 2.05) is 11.9 Å². The number of likely N-dealkylation sites (tertiary alicyclic amines) is 1. The van der Waals surface area contributed by atoms with Crippen molar-refractivity contribution < 1.29 is 22.5 Å². The zero-order valence-electron chi connectivity index (χ0n) is 18.3. The lowest BCUT2D eigenvalue weighted by molar-refractivity contribution is -0.138. The highest BCUT2D eigenvalue weighted by molar-refractivity contribution is 5.89. The Morgan fingerprint density at radius 3 is 3.36 bits per heavy atom. The summed E-state index contributed by atoms with van der Waals surface area (Å²) < 4.78 is 60.7. The second kappa shape index (κ2) is 4.05. The highest BCUT2D eigenvalue weighted by Gasteiger charge is 2.65. The summed E-state index contributed by atoms with van der Waals surface area (Å²) in [7, 11) is -0.879. The SMILES string of the molecule is [2H]C([2H])([2H])Oc1ccc2c3c1OC1C(=O)CC[C@@]4([2H])[C@H](N(C)CC[C@]314)C2([2H])[2H]. The smallest absolute Gasteiger partial charge is 0.174 e. The number of Topliss-reactive ketones (excluding diaryl/α,β-unsaturated/α-hetero) is 1. The predicted octanol–water partition coefficient (Wildman–Crippen LogP) is 1.93. The molecule has 4 heteroatoms. The quantitative estimate of drug-likeness (QED) is 0.795. The summed E-state index contributed by atoms with van der Waals surface area (Å²) in [5.41, 5.74) is -0.141. The fourth-order valence-corrected chi connectivity index (χ4v) is 4.84. The van der Waals surface area contributed by atoms with Crippen molar-refractivity contribution in [3.63, 3.8) is 0 Å². The van der Waals surface area contributed by atoms with E-state index < -0.39 is 36.9 Å². The number of hydrogen-bond donors (Lipinski definition) is 0. The molecule has 0 aromatic heterocycles.